The van der Waals surface area contributed by atoms with E-state index in [-0.39, 0.29) is 16.6 Å². The summed E-state index contributed by atoms with van der Waals surface area (Å²) in [4.78, 5) is 14.0. The van der Waals surface area contributed by atoms with E-state index in [0.717, 1.165) is 12.1 Å². The number of hydrogen-bond acceptors (Lipinski definition) is 2. The van der Waals surface area contributed by atoms with Gasteiger partial charge in [-0.3, -0.25) is 4.79 Å². The largest absolute Gasteiger partial charge is 0.344 e. The SMILES string of the molecule is CN(CC(C)(C)C)C(=O)C(S)Cc1ccccc1. The van der Waals surface area contributed by atoms with E-state index in [9.17, 15) is 4.79 Å². The van der Waals surface area contributed by atoms with Gasteiger partial charge in [0.15, 0.2) is 0 Å². The molecule has 3 heteroatoms. The van der Waals surface area contributed by atoms with E-state index in [1.54, 1.807) is 4.90 Å². The Balaban J connectivity index is 2.56. The van der Waals surface area contributed by atoms with Crippen LogP contribution in [0, 0.1) is 5.41 Å². The van der Waals surface area contributed by atoms with E-state index < -0.39 is 0 Å². The molecule has 0 N–H and O–H groups in total. The van der Waals surface area contributed by atoms with Crippen molar-refractivity contribution in [3.63, 3.8) is 0 Å². The Labute approximate surface area is 116 Å². The third-order valence-corrected chi connectivity index (χ3v) is 3.05. The van der Waals surface area contributed by atoms with Gasteiger partial charge >= 0.3 is 0 Å². The molecule has 0 aromatic heterocycles. The maximum atomic E-state index is 12.2. The second kappa shape index (κ2) is 6.28. The summed E-state index contributed by atoms with van der Waals surface area (Å²) in [5.41, 5.74) is 1.26. The van der Waals surface area contributed by atoms with Crippen molar-refractivity contribution in [2.24, 2.45) is 5.41 Å². The van der Waals surface area contributed by atoms with Crippen LogP contribution >= 0.6 is 12.6 Å². The predicted molar refractivity (Wildman–Crippen MR) is 80.0 cm³/mol. The highest BCUT2D eigenvalue weighted by Crippen LogP contribution is 2.16. The molecule has 0 fully saturated rings. The van der Waals surface area contributed by atoms with E-state index in [2.05, 4.69) is 33.4 Å². The van der Waals surface area contributed by atoms with E-state index >= 15 is 0 Å². The van der Waals surface area contributed by atoms with Crippen LogP contribution in [0.1, 0.15) is 26.3 Å². The number of rotatable bonds is 4. The number of amides is 1. The molecule has 2 nitrogen and oxygen atoms in total. The first-order valence-corrected chi connectivity index (χ1v) is 6.78. The van der Waals surface area contributed by atoms with Crippen LogP contribution in [-0.2, 0) is 11.2 Å². The highest BCUT2D eigenvalue weighted by atomic mass is 32.1. The molecular formula is C15H23NOS. The Hall–Kier alpha value is -0.960. The van der Waals surface area contributed by atoms with E-state index in [1.807, 2.05) is 37.4 Å². The van der Waals surface area contributed by atoms with Crippen molar-refractivity contribution in [2.75, 3.05) is 13.6 Å². The van der Waals surface area contributed by atoms with Gasteiger partial charge in [0.05, 0.1) is 5.25 Å². The molecule has 0 aliphatic rings. The van der Waals surface area contributed by atoms with Crippen LogP contribution in [0.15, 0.2) is 30.3 Å². The maximum Gasteiger partial charge on any atom is 0.235 e. The smallest absolute Gasteiger partial charge is 0.235 e. The number of hydrogen-bond donors (Lipinski definition) is 1. The molecule has 1 unspecified atom stereocenters. The molecule has 18 heavy (non-hydrogen) atoms. The molecule has 0 heterocycles. The van der Waals surface area contributed by atoms with E-state index in [1.165, 1.54) is 0 Å². The minimum absolute atomic E-state index is 0.0945. The summed E-state index contributed by atoms with van der Waals surface area (Å²) in [6.45, 7) is 7.13. The van der Waals surface area contributed by atoms with Gasteiger partial charge in [0, 0.05) is 13.6 Å². The number of carbonyl (C=O) groups is 1. The van der Waals surface area contributed by atoms with Crippen molar-refractivity contribution in [1.82, 2.24) is 4.90 Å². The topological polar surface area (TPSA) is 20.3 Å². The average Bonchev–Trinajstić information content (AvgIpc) is 2.27. The molecule has 1 rings (SSSR count). The molecular weight excluding hydrogens is 242 g/mol. The van der Waals surface area contributed by atoms with Crippen molar-refractivity contribution in [1.29, 1.82) is 0 Å². The maximum absolute atomic E-state index is 12.2. The summed E-state index contributed by atoms with van der Waals surface area (Å²) in [5.74, 6) is 0.0945. The lowest BCUT2D eigenvalue weighted by Crippen LogP contribution is -2.39. The van der Waals surface area contributed by atoms with Crippen LogP contribution in [0.2, 0.25) is 0 Å². The van der Waals surface area contributed by atoms with Crippen LogP contribution in [0.5, 0.6) is 0 Å². The van der Waals surface area contributed by atoms with Crippen LogP contribution in [0.4, 0.5) is 0 Å². The molecule has 0 radical (unpaired) electrons. The van der Waals surface area contributed by atoms with E-state index in [4.69, 9.17) is 0 Å². The normalized spacial score (nSPS) is 13.2. The number of benzene rings is 1. The van der Waals surface area contributed by atoms with Crippen LogP contribution in [0.3, 0.4) is 0 Å². The fourth-order valence-electron chi connectivity index (χ4n) is 1.97. The standard InChI is InChI=1S/C15H23NOS/c1-15(2,3)11-16(4)14(17)13(18)10-12-8-6-5-7-9-12/h5-9,13,18H,10-11H2,1-4H3. The molecule has 1 aromatic carbocycles. The molecule has 0 saturated heterocycles. The Bertz CT molecular complexity index is 383. The Kier molecular flexibility index (Phi) is 5.27. The van der Waals surface area contributed by atoms with Gasteiger partial charge < -0.3 is 4.90 Å². The molecule has 100 valence electrons. The summed E-state index contributed by atoms with van der Waals surface area (Å²) in [7, 11) is 1.85. The number of thiol groups is 1. The number of nitrogens with zero attached hydrogens (tertiary/aromatic N) is 1. The summed E-state index contributed by atoms with van der Waals surface area (Å²) >= 11 is 4.43. The fourth-order valence-corrected chi connectivity index (χ4v) is 2.38. The highest BCUT2D eigenvalue weighted by Gasteiger charge is 2.22. The van der Waals surface area contributed by atoms with Gasteiger partial charge in [-0.25, -0.2) is 0 Å². The third kappa shape index (κ3) is 5.13. The lowest BCUT2D eigenvalue weighted by atomic mass is 9.96. The zero-order valence-corrected chi connectivity index (χ0v) is 12.6. The summed E-state index contributed by atoms with van der Waals surface area (Å²) in [6, 6.07) is 10.0. The first-order valence-electron chi connectivity index (χ1n) is 6.26. The molecule has 0 aliphatic carbocycles. The lowest BCUT2D eigenvalue weighted by molar-refractivity contribution is -0.130. The van der Waals surface area contributed by atoms with Gasteiger partial charge in [-0.15, -0.1) is 0 Å². The summed E-state index contributed by atoms with van der Waals surface area (Å²) < 4.78 is 0. The van der Waals surface area contributed by atoms with Gasteiger partial charge in [0.2, 0.25) is 5.91 Å². The zero-order valence-electron chi connectivity index (χ0n) is 11.7. The Morgan fingerprint density at radius 3 is 2.33 bits per heavy atom. The van der Waals surface area contributed by atoms with Gasteiger partial charge in [0.1, 0.15) is 0 Å². The molecule has 0 spiro atoms. The molecule has 0 saturated carbocycles. The zero-order chi connectivity index (χ0) is 13.8. The highest BCUT2D eigenvalue weighted by molar-refractivity contribution is 7.81. The quantitative estimate of drug-likeness (QED) is 0.830. The number of carbonyl (C=O) groups excluding carboxylic acids is 1. The van der Waals surface area contributed by atoms with Crippen molar-refractivity contribution >= 4 is 18.5 Å². The lowest BCUT2D eigenvalue weighted by Gasteiger charge is -2.28. The fraction of sp³-hybridized carbons (Fsp3) is 0.533. The second-order valence-electron chi connectivity index (χ2n) is 5.96. The monoisotopic (exact) mass is 265 g/mol. The Morgan fingerprint density at radius 1 is 1.28 bits per heavy atom. The van der Waals surface area contributed by atoms with Crippen LogP contribution in [0.25, 0.3) is 0 Å². The van der Waals surface area contributed by atoms with Gasteiger partial charge in [0.25, 0.3) is 0 Å². The molecule has 0 aliphatic heterocycles. The third-order valence-electron chi connectivity index (χ3n) is 2.64. The molecule has 1 atom stereocenters. The van der Waals surface area contributed by atoms with Gasteiger partial charge in [-0.05, 0) is 17.4 Å². The molecule has 1 aromatic rings. The van der Waals surface area contributed by atoms with Crippen LogP contribution in [-0.4, -0.2) is 29.6 Å². The van der Waals surface area contributed by atoms with E-state index in [0.29, 0.717) is 6.42 Å². The summed E-state index contributed by atoms with van der Waals surface area (Å²) in [5, 5.41) is -0.264. The van der Waals surface area contributed by atoms with Crippen LogP contribution < -0.4 is 0 Å². The molecule has 0 bridgehead atoms. The average molecular weight is 265 g/mol. The second-order valence-corrected chi connectivity index (χ2v) is 6.58. The predicted octanol–water partition coefficient (Wildman–Crippen LogP) is 3.03. The van der Waals surface area contributed by atoms with Gasteiger partial charge in [-0.1, -0.05) is 51.1 Å². The molecule has 1 amide bonds. The minimum Gasteiger partial charge on any atom is -0.344 e. The first-order chi connectivity index (χ1) is 8.29. The van der Waals surface area contributed by atoms with Crippen molar-refractivity contribution in [2.45, 2.75) is 32.4 Å². The summed E-state index contributed by atoms with van der Waals surface area (Å²) in [6.07, 6.45) is 0.678. The van der Waals surface area contributed by atoms with Gasteiger partial charge in [-0.2, -0.15) is 12.6 Å². The minimum atomic E-state index is -0.264. The van der Waals surface area contributed by atoms with Crippen molar-refractivity contribution in [3.05, 3.63) is 35.9 Å². The first kappa shape index (κ1) is 15.1. The van der Waals surface area contributed by atoms with Crippen molar-refractivity contribution in [3.8, 4) is 0 Å². The Morgan fingerprint density at radius 2 is 1.83 bits per heavy atom. The van der Waals surface area contributed by atoms with Crippen molar-refractivity contribution < 1.29 is 4.79 Å².